The third-order valence-corrected chi connectivity index (χ3v) is 4.33. The minimum Gasteiger partial charge on any atom is -0.478 e. The van der Waals surface area contributed by atoms with Crippen LogP contribution in [0.3, 0.4) is 0 Å². The van der Waals surface area contributed by atoms with Crippen molar-refractivity contribution in [3.8, 4) is 0 Å². The first kappa shape index (κ1) is 14.7. The summed E-state index contributed by atoms with van der Waals surface area (Å²) in [5, 5.41) is 14.1. The van der Waals surface area contributed by atoms with Crippen LogP contribution in [0.1, 0.15) is 15.9 Å². The number of benzene rings is 1. The van der Waals surface area contributed by atoms with E-state index in [4.69, 9.17) is 5.11 Å². The van der Waals surface area contributed by atoms with E-state index in [0.29, 0.717) is 0 Å². The normalized spacial score (nSPS) is 11.4. The topological polar surface area (TPSA) is 112 Å². The Morgan fingerprint density at radius 1 is 1.45 bits per heavy atom. The third kappa shape index (κ3) is 3.24. The van der Waals surface area contributed by atoms with Crippen molar-refractivity contribution in [2.45, 2.75) is 11.6 Å². The summed E-state index contributed by atoms with van der Waals surface area (Å²) in [6.07, 6.45) is 0.954. The summed E-state index contributed by atoms with van der Waals surface area (Å²) in [6, 6.07) is 7.09. The molecule has 3 N–H and O–H groups in total. The fourth-order valence-electron chi connectivity index (χ4n) is 1.53. The molecule has 0 amide bonds. The van der Waals surface area contributed by atoms with Gasteiger partial charge in [0.05, 0.1) is 6.20 Å². The summed E-state index contributed by atoms with van der Waals surface area (Å²) in [6.45, 7) is 0.0415. The van der Waals surface area contributed by atoms with Crippen LogP contribution in [0.15, 0.2) is 40.0 Å². The summed E-state index contributed by atoms with van der Waals surface area (Å²) in [5.74, 6) is -1.36. The van der Waals surface area contributed by atoms with E-state index in [0.717, 1.165) is 16.2 Å². The largest absolute Gasteiger partial charge is 0.478 e. The maximum absolute atomic E-state index is 12.0. The summed E-state index contributed by atoms with van der Waals surface area (Å²) in [4.78, 5) is 10.9. The molecule has 0 aliphatic heterocycles. The number of H-pyrrole nitrogens is 1. The van der Waals surface area contributed by atoms with E-state index in [1.807, 2.05) is 6.07 Å². The van der Waals surface area contributed by atoms with Crippen LogP contribution in [0.5, 0.6) is 0 Å². The highest BCUT2D eigenvalue weighted by Gasteiger charge is 2.24. The molecule has 2 rings (SSSR count). The first-order valence-electron chi connectivity index (χ1n) is 5.41. The lowest BCUT2D eigenvalue weighted by molar-refractivity contribution is 0.0692. The summed E-state index contributed by atoms with van der Waals surface area (Å²) >= 11 is 3.28. The summed E-state index contributed by atoms with van der Waals surface area (Å²) < 4.78 is 27.2. The molecule has 7 nitrogen and oxygen atoms in total. The average Bonchev–Trinajstić information content (AvgIpc) is 2.87. The number of halogens is 1. The molecule has 0 unspecified atom stereocenters. The molecule has 0 radical (unpaired) electrons. The van der Waals surface area contributed by atoms with Gasteiger partial charge in [-0.1, -0.05) is 28.1 Å². The van der Waals surface area contributed by atoms with Crippen molar-refractivity contribution in [2.75, 3.05) is 0 Å². The molecule has 0 aliphatic rings. The van der Waals surface area contributed by atoms with Crippen LogP contribution in [-0.2, 0) is 16.6 Å². The van der Waals surface area contributed by atoms with Gasteiger partial charge in [-0.3, -0.25) is 5.10 Å². The molecule has 2 aromatic rings. The number of hydrogen-bond donors (Lipinski definition) is 3. The zero-order chi connectivity index (χ0) is 14.8. The molecule has 9 heteroatoms. The number of nitrogens with one attached hydrogen (secondary N) is 2. The van der Waals surface area contributed by atoms with Gasteiger partial charge in [0.1, 0.15) is 5.56 Å². The molecule has 20 heavy (non-hydrogen) atoms. The van der Waals surface area contributed by atoms with E-state index in [1.54, 1.807) is 18.2 Å². The van der Waals surface area contributed by atoms with Crippen LogP contribution in [0.4, 0.5) is 0 Å². The van der Waals surface area contributed by atoms with E-state index >= 15 is 0 Å². The molecule has 0 aliphatic carbocycles. The van der Waals surface area contributed by atoms with E-state index in [1.165, 1.54) is 0 Å². The van der Waals surface area contributed by atoms with E-state index in [9.17, 15) is 13.2 Å². The number of carbonyl (C=O) groups is 1. The summed E-state index contributed by atoms with van der Waals surface area (Å²) in [5.41, 5.74) is 0.339. The zero-order valence-electron chi connectivity index (χ0n) is 10.00. The highest BCUT2D eigenvalue weighted by Crippen LogP contribution is 2.14. The number of sulfonamides is 1. The molecule has 0 saturated carbocycles. The quantitative estimate of drug-likeness (QED) is 0.745. The lowest BCUT2D eigenvalue weighted by Crippen LogP contribution is -2.25. The van der Waals surface area contributed by atoms with Crippen molar-refractivity contribution in [2.24, 2.45) is 0 Å². The average molecular weight is 360 g/mol. The number of hydrogen-bond acceptors (Lipinski definition) is 4. The highest BCUT2D eigenvalue weighted by atomic mass is 79.9. The Hall–Kier alpha value is -1.71. The smallest absolute Gasteiger partial charge is 0.340 e. The fraction of sp³-hybridized carbons (Fsp3) is 0.0909. The molecule has 0 fully saturated rings. The Labute approximate surface area is 123 Å². The molecular formula is C11H10BrN3O4S. The van der Waals surface area contributed by atoms with Crippen LogP contribution in [0.2, 0.25) is 0 Å². The standard InChI is InChI=1S/C11H10BrN3O4S/c12-8-3-1-2-7(4-8)5-14-20(18,19)10-9(11(16)17)6-13-15-10/h1-4,6,14H,5H2,(H,13,15)(H,16,17). The van der Waals surface area contributed by atoms with Gasteiger partial charge in [0, 0.05) is 11.0 Å². The second-order valence-electron chi connectivity index (χ2n) is 3.87. The van der Waals surface area contributed by atoms with Crippen molar-refractivity contribution >= 4 is 31.9 Å². The van der Waals surface area contributed by atoms with Gasteiger partial charge in [0.25, 0.3) is 10.0 Å². The number of rotatable bonds is 5. The van der Waals surface area contributed by atoms with Crippen molar-refractivity contribution in [3.63, 3.8) is 0 Å². The van der Waals surface area contributed by atoms with Crippen LogP contribution in [0.25, 0.3) is 0 Å². The Morgan fingerprint density at radius 2 is 2.20 bits per heavy atom. The molecule has 1 heterocycles. The molecule has 0 saturated heterocycles. The molecule has 1 aromatic carbocycles. The number of aromatic nitrogens is 2. The van der Waals surface area contributed by atoms with Gasteiger partial charge in [-0.2, -0.15) is 5.10 Å². The minimum atomic E-state index is -3.97. The number of carboxylic acid groups (broad SMARTS) is 1. The lowest BCUT2D eigenvalue weighted by atomic mass is 10.2. The third-order valence-electron chi connectivity index (χ3n) is 2.46. The lowest BCUT2D eigenvalue weighted by Gasteiger charge is -2.06. The van der Waals surface area contributed by atoms with Crippen LogP contribution >= 0.6 is 15.9 Å². The van der Waals surface area contributed by atoms with Crippen molar-refractivity contribution < 1.29 is 18.3 Å². The van der Waals surface area contributed by atoms with Gasteiger partial charge in [0.15, 0.2) is 5.03 Å². The molecule has 0 bridgehead atoms. The fourth-order valence-corrected chi connectivity index (χ4v) is 3.08. The van der Waals surface area contributed by atoms with Gasteiger partial charge in [-0.15, -0.1) is 0 Å². The molecule has 1 aromatic heterocycles. The number of nitrogens with zero attached hydrogens (tertiary/aromatic N) is 1. The van der Waals surface area contributed by atoms with Gasteiger partial charge < -0.3 is 5.11 Å². The first-order chi connectivity index (χ1) is 9.40. The van der Waals surface area contributed by atoms with Gasteiger partial charge >= 0.3 is 5.97 Å². The molecular weight excluding hydrogens is 350 g/mol. The van der Waals surface area contributed by atoms with Crippen molar-refractivity contribution in [1.29, 1.82) is 0 Å². The van der Waals surface area contributed by atoms with Crippen molar-refractivity contribution in [1.82, 2.24) is 14.9 Å². The molecule has 0 atom stereocenters. The second kappa shape index (κ2) is 5.73. The van der Waals surface area contributed by atoms with Crippen LogP contribution < -0.4 is 4.72 Å². The number of aromatic carboxylic acids is 1. The SMILES string of the molecule is O=C(O)c1cn[nH]c1S(=O)(=O)NCc1cccc(Br)c1. The van der Waals surface area contributed by atoms with Gasteiger partial charge in [0.2, 0.25) is 0 Å². The van der Waals surface area contributed by atoms with Crippen molar-refractivity contribution in [3.05, 3.63) is 46.1 Å². The Bertz CT molecular complexity index is 742. The Morgan fingerprint density at radius 3 is 2.85 bits per heavy atom. The predicted molar refractivity (Wildman–Crippen MR) is 73.7 cm³/mol. The highest BCUT2D eigenvalue weighted by molar-refractivity contribution is 9.10. The zero-order valence-corrected chi connectivity index (χ0v) is 12.4. The second-order valence-corrected chi connectivity index (χ2v) is 6.49. The maximum Gasteiger partial charge on any atom is 0.340 e. The number of aromatic amines is 1. The van der Waals surface area contributed by atoms with Gasteiger partial charge in [-0.25, -0.2) is 17.9 Å². The Kier molecular flexibility index (Phi) is 4.21. The molecule has 0 spiro atoms. The monoisotopic (exact) mass is 359 g/mol. The van der Waals surface area contributed by atoms with E-state index in [-0.39, 0.29) is 6.54 Å². The van der Waals surface area contributed by atoms with Crippen LogP contribution in [-0.4, -0.2) is 29.7 Å². The molecule has 106 valence electrons. The number of carboxylic acids is 1. The summed E-state index contributed by atoms with van der Waals surface area (Å²) in [7, 11) is -3.97. The van der Waals surface area contributed by atoms with E-state index < -0.39 is 26.6 Å². The maximum atomic E-state index is 12.0. The Balaban J connectivity index is 2.19. The van der Waals surface area contributed by atoms with Crippen LogP contribution in [0, 0.1) is 0 Å². The van der Waals surface area contributed by atoms with Gasteiger partial charge in [-0.05, 0) is 17.7 Å². The minimum absolute atomic E-state index is 0.0415. The predicted octanol–water partition coefficient (Wildman–Crippen LogP) is 1.35. The van der Waals surface area contributed by atoms with E-state index in [2.05, 4.69) is 30.8 Å². The first-order valence-corrected chi connectivity index (χ1v) is 7.68.